The van der Waals surface area contributed by atoms with Gasteiger partial charge < -0.3 is 5.32 Å². The Morgan fingerprint density at radius 1 is 0.579 bits per heavy atom. The summed E-state index contributed by atoms with van der Waals surface area (Å²) in [6, 6.07) is 19.0. The topological polar surface area (TPSA) is 12.0 Å². The molecule has 1 aliphatic heterocycles. The molecule has 0 atom stereocenters. The highest BCUT2D eigenvalue weighted by atomic mass is 14.8. The molecular formula is C18H15N. The molecule has 2 aromatic rings. The number of hydrogen-bond donors (Lipinski definition) is 1. The zero-order chi connectivity index (χ0) is 12.9. The van der Waals surface area contributed by atoms with Crippen LogP contribution in [0.3, 0.4) is 0 Å². The summed E-state index contributed by atoms with van der Waals surface area (Å²) in [7, 11) is 0. The third-order valence-electron chi connectivity index (χ3n) is 3.12. The van der Waals surface area contributed by atoms with E-state index in [1.54, 1.807) is 0 Å². The quantitative estimate of drug-likeness (QED) is 0.828. The van der Waals surface area contributed by atoms with Crippen molar-refractivity contribution >= 4 is 5.70 Å². The lowest BCUT2D eigenvalue weighted by Crippen LogP contribution is -2.02. The third kappa shape index (κ3) is 2.66. The second-order valence-electron chi connectivity index (χ2n) is 4.41. The Kier molecular flexibility index (Phi) is 3.28. The smallest absolute Gasteiger partial charge is 0.0453 e. The Hall–Kier alpha value is -2.54. The molecule has 0 spiro atoms. The minimum atomic E-state index is 1.12. The van der Waals surface area contributed by atoms with E-state index in [2.05, 4.69) is 59.9 Å². The van der Waals surface area contributed by atoms with Gasteiger partial charge in [0.1, 0.15) is 0 Å². The fraction of sp³-hybridized carbons (Fsp3) is 0. The van der Waals surface area contributed by atoms with Gasteiger partial charge in [-0.25, -0.2) is 0 Å². The monoisotopic (exact) mass is 245 g/mol. The van der Waals surface area contributed by atoms with Gasteiger partial charge in [0.25, 0.3) is 0 Å². The summed E-state index contributed by atoms with van der Waals surface area (Å²) in [5.41, 5.74) is 4.79. The lowest BCUT2D eigenvalue weighted by molar-refractivity contribution is 1.22. The van der Waals surface area contributed by atoms with Gasteiger partial charge in [0.15, 0.2) is 0 Å². The number of nitrogens with one attached hydrogen (secondary N) is 1. The van der Waals surface area contributed by atoms with Crippen LogP contribution in [0.1, 0.15) is 5.56 Å². The number of benzene rings is 2. The Morgan fingerprint density at radius 3 is 2.05 bits per heavy atom. The molecule has 0 amide bonds. The van der Waals surface area contributed by atoms with Gasteiger partial charge in [-0.05, 0) is 28.8 Å². The maximum Gasteiger partial charge on any atom is 0.0453 e. The largest absolute Gasteiger partial charge is 0.361 e. The Morgan fingerprint density at radius 2 is 1.26 bits per heavy atom. The standard InChI is InChI=1S/C18H15N/c1-3-7-15(8-4-1)16-10-12-17(13-11-16)18-9-5-2-6-14-19-18/h1-14,19H. The van der Waals surface area contributed by atoms with Crippen LogP contribution in [0.4, 0.5) is 0 Å². The summed E-state index contributed by atoms with van der Waals surface area (Å²) in [6.07, 6.45) is 10.1. The summed E-state index contributed by atoms with van der Waals surface area (Å²) in [5.74, 6) is 0. The predicted molar refractivity (Wildman–Crippen MR) is 81.3 cm³/mol. The predicted octanol–water partition coefficient (Wildman–Crippen LogP) is 4.37. The molecule has 0 aliphatic carbocycles. The van der Waals surface area contributed by atoms with Crippen molar-refractivity contribution in [1.82, 2.24) is 5.32 Å². The Labute approximate surface area is 113 Å². The van der Waals surface area contributed by atoms with Crippen LogP contribution in [0.5, 0.6) is 0 Å². The van der Waals surface area contributed by atoms with Crippen molar-refractivity contribution in [2.45, 2.75) is 0 Å². The molecule has 0 fully saturated rings. The fourth-order valence-corrected chi connectivity index (χ4v) is 2.11. The van der Waals surface area contributed by atoms with Crippen LogP contribution in [0.2, 0.25) is 0 Å². The highest BCUT2D eigenvalue weighted by Crippen LogP contribution is 2.21. The van der Waals surface area contributed by atoms with Gasteiger partial charge in [-0.15, -0.1) is 0 Å². The van der Waals surface area contributed by atoms with Gasteiger partial charge in [0, 0.05) is 11.9 Å². The first-order chi connectivity index (χ1) is 9.43. The van der Waals surface area contributed by atoms with E-state index in [1.165, 1.54) is 16.7 Å². The number of hydrogen-bond acceptors (Lipinski definition) is 1. The van der Waals surface area contributed by atoms with Gasteiger partial charge in [0.2, 0.25) is 0 Å². The van der Waals surface area contributed by atoms with E-state index in [9.17, 15) is 0 Å². The minimum Gasteiger partial charge on any atom is -0.361 e. The van der Waals surface area contributed by atoms with Crippen molar-refractivity contribution in [2.24, 2.45) is 0 Å². The van der Waals surface area contributed by atoms with Crippen molar-refractivity contribution in [1.29, 1.82) is 0 Å². The van der Waals surface area contributed by atoms with Crippen molar-refractivity contribution < 1.29 is 0 Å². The molecule has 92 valence electrons. The summed E-state index contributed by atoms with van der Waals surface area (Å²) < 4.78 is 0. The molecule has 2 aromatic carbocycles. The first-order valence-electron chi connectivity index (χ1n) is 6.39. The van der Waals surface area contributed by atoms with Crippen LogP contribution in [0.25, 0.3) is 16.8 Å². The van der Waals surface area contributed by atoms with E-state index >= 15 is 0 Å². The molecule has 1 aliphatic rings. The Bertz CT molecular complexity index is 631. The van der Waals surface area contributed by atoms with Gasteiger partial charge in [-0.3, -0.25) is 0 Å². The minimum absolute atomic E-state index is 1.12. The zero-order valence-electron chi connectivity index (χ0n) is 10.6. The molecule has 0 saturated heterocycles. The van der Waals surface area contributed by atoms with E-state index < -0.39 is 0 Å². The molecule has 1 nitrogen and oxygen atoms in total. The molecule has 0 unspecified atom stereocenters. The first-order valence-corrected chi connectivity index (χ1v) is 6.39. The molecule has 1 heterocycles. The van der Waals surface area contributed by atoms with Crippen LogP contribution < -0.4 is 5.32 Å². The van der Waals surface area contributed by atoms with Crippen molar-refractivity contribution in [3.63, 3.8) is 0 Å². The number of allylic oxidation sites excluding steroid dienone is 4. The molecular weight excluding hydrogens is 230 g/mol. The van der Waals surface area contributed by atoms with Gasteiger partial charge in [0.05, 0.1) is 0 Å². The average molecular weight is 245 g/mol. The van der Waals surface area contributed by atoms with Crippen LogP contribution in [-0.4, -0.2) is 0 Å². The maximum atomic E-state index is 3.28. The van der Waals surface area contributed by atoms with E-state index in [0.717, 1.165) is 5.70 Å². The van der Waals surface area contributed by atoms with Gasteiger partial charge in [-0.2, -0.15) is 0 Å². The fourth-order valence-electron chi connectivity index (χ4n) is 2.11. The second-order valence-corrected chi connectivity index (χ2v) is 4.41. The van der Waals surface area contributed by atoms with Gasteiger partial charge in [-0.1, -0.05) is 66.7 Å². The zero-order valence-corrected chi connectivity index (χ0v) is 10.6. The summed E-state index contributed by atoms with van der Waals surface area (Å²) in [4.78, 5) is 0. The summed E-state index contributed by atoms with van der Waals surface area (Å²) >= 11 is 0. The van der Waals surface area contributed by atoms with Crippen LogP contribution in [0.15, 0.2) is 85.1 Å². The molecule has 1 N–H and O–H groups in total. The summed E-state index contributed by atoms with van der Waals surface area (Å²) in [6.45, 7) is 0. The van der Waals surface area contributed by atoms with Crippen molar-refractivity contribution in [3.8, 4) is 11.1 Å². The molecule has 3 rings (SSSR count). The lowest BCUT2D eigenvalue weighted by Gasteiger charge is -2.08. The maximum absolute atomic E-state index is 3.28. The van der Waals surface area contributed by atoms with E-state index in [1.807, 2.05) is 30.5 Å². The van der Waals surface area contributed by atoms with Crippen molar-refractivity contribution in [3.05, 3.63) is 90.7 Å². The molecule has 19 heavy (non-hydrogen) atoms. The van der Waals surface area contributed by atoms with Crippen LogP contribution in [-0.2, 0) is 0 Å². The molecule has 0 aromatic heterocycles. The molecule has 1 heteroatoms. The van der Waals surface area contributed by atoms with E-state index in [-0.39, 0.29) is 0 Å². The molecule has 0 bridgehead atoms. The molecule has 0 saturated carbocycles. The normalized spacial score (nSPS) is 13.6. The van der Waals surface area contributed by atoms with E-state index in [4.69, 9.17) is 0 Å². The average Bonchev–Trinajstić information content (AvgIpc) is 2.77. The summed E-state index contributed by atoms with van der Waals surface area (Å²) in [5, 5.41) is 3.28. The number of rotatable bonds is 2. The molecule has 0 radical (unpaired) electrons. The Balaban J connectivity index is 1.89. The third-order valence-corrected chi connectivity index (χ3v) is 3.12. The van der Waals surface area contributed by atoms with Crippen LogP contribution in [0, 0.1) is 0 Å². The van der Waals surface area contributed by atoms with E-state index in [0.29, 0.717) is 0 Å². The van der Waals surface area contributed by atoms with Crippen LogP contribution >= 0.6 is 0 Å². The first kappa shape index (κ1) is 11.5. The highest BCUT2D eigenvalue weighted by molar-refractivity contribution is 5.71. The lowest BCUT2D eigenvalue weighted by atomic mass is 10.0. The highest BCUT2D eigenvalue weighted by Gasteiger charge is 2.01. The second kappa shape index (κ2) is 5.40. The van der Waals surface area contributed by atoms with Crippen molar-refractivity contribution in [2.75, 3.05) is 0 Å². The SMILES string of the molecule is C1=CC=C(c2ccc(-c3ccccc3)cc2)NC=C1. The van der Waals surface area contributed by atoms with Gasteiger partial charge >= 0.3 is 0 Å².